The molecule has 5 aromatic carbocycles. The van der Waals surface area contributed by atoms with Crippen LogP contribution in [-0.2, 0) is 21.3 Å². The number of benzene rings is 5. The van der Waals surface area contributed by atoms with Crippen LogP contribution in [0.4, 0.5) is 16.2 Å². The number of anilines is 2. The van der Waals surface area contributed by atoms with Crippen LogP contribution in [0.2, 0.25) is 0 Å². The van der Waals surface area contributed by atoms with Crippen molar-refractivity contribution >= 4 is 33.3 Å². The molecule has 0 spiro atoms. The number of hydrogen-bond acceptors (Lipinski definition) is 8. The molecule has 2 aliphatic rings. The first-order valence-electron chi connectivity index (χ1n) is 19.8. The van der Waals surface area contributed by atoms with Gasteiger partial charge in [0.2, 0.25) is 0 Å². The minimum absolute atomic E-state index is 0.0633. The first-order chi connectivity index (χ1) is 28.1. The lowest BCUT2D eigenvalue weighted by Gasteiger charge is -2.37. The third kappa shape index (κ3) is 9.59. The summed E-state index contributed by atoms with van der Waals surface area (Å²) < 4.78 is 34.7. The van der Waals surface area contributed by atoms with Gasteiger partial charge in [0, 0.05) is 83.4 Å². The van der Waals surface area contributed by atoms with E-state index in [9.17, 15) is 18.0 Å². The molecule has 0 radical (unpaired) electrons. The van der Waals surface area contributed by atoms with E-state index in [1.807, 2.05) is 48.5 Å². The summed E-state index contributed by atoms with van der Waals surface area (Å²) in [6.07, 6.45) is 0. The Hall–Kier alpha value is -5.53. The highest BCUT2D eigenvalue weighted by molar-refractivity contribution is 7.90. The average molecular weight is 801 g/mol. The predicted octanol–water partition coefficient (Wildman–Crippen LogP) is 6.66. The third-order valence-corrected chi connectivity index (χ3v) is 12.5. The van der Waals surface area contributed by atoms with Gasteiger partial charge in [0.25, 0.3) is 15.9 Å². The van der Waals surface area contributed by atoms with Crippen LogP contribution in [0.5, 0.6) is 0 Å². The van der Waals surface area contributed by atoms with E-state index < -0.39 is 15.9 Å². The lowest BCUT2D eigenvalue weighted by atomic mass is 9.99. The maximum Gasteiger partial charge on any atom is 0.324 e. The number of piperazine rings is 1. The smallest absolute Gasteiger partial charge is 0.324 e. The topological polar surface area (TPSA) is 106 Å². The number of urea groups is 1. The van der Waals surface area contributed by atoms with Crippen molar-refractivity contribution in [3.63, 3.8) is 0 Å². The first kappa shape index (κ1) is 40.7. The third-order valence-electron chi connectivity index (χ3n) is 11.2. The van der Waals surface area contributed by atoms with Gasteiger partial charge in [0.15, 0.2) is 0 Å². The number of amides is 3. The van der Waals surface area contributed by atoms with Crippen molar-refractivity contribution in [2.75, 3.05) is 82.9 Å². The van der Waals surface area contributed by atoms with Gasteiger partial charge in [-0.1, -0.05) is 84.9 Å². The first-order valence-corrected chi connectivity index (χ1v) is 21.3. The van der Waals surface area contributed by atoms with Crippen molar-refractivity contribution in [2.24, 2.45) is 0 Å². The highest BCUT2D eigenvalue weighted by atomic mass is 32.2. The molecular formula is C46H52N6O5S. The van der Waals surface area contributed by atoms with Crippen molar-refractivity contribution < 1.29 is 22.7 Å². The van der Waals surface area contributed by atoms with Crippen LogP contribution in [-0.4, -0.2) is 108 Å². The summed E-state index contributed by atoms with van der Waals surface area (Å²) in [5.41, 5.74) is 7.17. The Balaban J connectivity index is 0.948. The zero-order chi connectivity index (χ0) is 40.6. The molecule has 1 N–H and O–H groups in total. The summed E-state index contributed by atoms with van der Waals surface area (Å²) in [5, 5.41) is 0. The Kier molecular flexibility index (Phi) is 12.9. The number of ether oxygens (including phenoxy) is 1. The molecule has 1 unspecified atom stereocenters. The number of likely N-dealkylation sites (N-methyl/N-ethyl adjacent to an activating group) is 1. The molecule has 2 fully saturated rings. The Morgan fingerprint density at radius 1 is 0.741 bits per heavy atom. The summed E-state index contributed by atoms with van der Waals surface area (Å²) in [6, 6.07) is 40.1. The number of aryl methyl sites for hydroxylation is 1. The van der Waals surface area contributed by atoms with Crippen LogP contribution in [0.25, 0.3) is 11.1 Å². The average Bonchev–Trinajstić information content (AvgIpc) is 3.26. The summed E-state index contributed by atoms with van der Waals surface area (Å²) in [7, 11) is -0.726. The molecule has 0 aromatic heterocycles. The maximum atomic E-state index is 13.9. The van der Waals surface area contributed by atoms with E-state index in [0.717, 1.165) is 57.1 Å². The fourth-order valence-corrected chi connectivity index (χ4v) is 8.88. The number of rotatable bonds is 12. The number of morpholine rings is 1. The zero-order valence-electron chi connectivity index (χ0n) is 33.5. The van der Waals surface area contributed by atoms with E-state index in [-0.39, 0.29) is 22.5 Å². The largest absolute Gasteiger partial charge is 0.379 e. The molecule has 2 saturated heterocycles. The van der Waals surface area contributed by atoms with Crippen molar-refractivity contribution in [1.29, 1.82) is 0 Å². The summed E-state index contributed by atoms with van der Waals surface area (Å²) in [6.45, 7) is 9.64. The van der Waals surface area contributed by atoms with Crippen molar-refractivity contribution in [2.45, 2.75) is 24.4 Å². The molecule has 0 bridgehead atoms. The molecule has 0 aliphatic carbocycles. The molecule has 7 rings (SSSR count). The van der Waals surface area contributed by atoms with Gasteiger partial charge in [0.1, 0.15) is 0 Å². The van der Waals surface area contributed by atoms with Gasteiger partial charge >= 0.3 is 6.03 Å². The van der Waals surface area contributed by atoms with Crippen LogP contribution in [0.3, 0.4) is 0 Å². The standard InChI is InChI=1S/C46H52N6O5S/c1-35-32-41(22-23-43(35)48(2)46(54)49(3)44(37-14-8-5-9-15-37)34-51-28-30-57-31-29-51)58(55,56)47-45(53)38-18-20-40(21-19-38)52-26-24-50(25-27-52)33-39-16-10-11-17-42(39)36-12-6-4-7-13-36/h4-23,32,44H,24-31,33-34H2,1-3H3,(H,47,53). The van der Waals surface area contributed by atoms with Gasteiger partial charge in [-0.05, 0) is 77.2 Å². The quantitative estimate of drug-likeness (QED) is 0.149. The second kappa shape index (κ2) is 18.4. The van der Waals surface area contributed by atoms with Crippen LogP contribution < -0.4 is 14.5 Å². The molecule has 12 heteroatoms. The fourth-order valence-electron chi connectivity index (χ4n) is 7.83. The fraction of sp³-hybridized carbons (Fsp3) is 0.304. The summed E-state index contributed by atoms with van der Waals surface area (Å²) in [5.74, 6) is -0.712. The molecule has 3 amide bonds. The van der Waals surface area contributed by atoms with Crippen molar-refractivity contribution in [3.8, 4) is 11.1 Å². The maximum absolute atomic E-state index is 13.9. The molecule has 0 saturated carbocycles. The molecule has 2 aliphatic heterocycles. The monoisotopic (exact) mass is 800 g/mol. The molecule has 302 valence electrons. The van der Waals surface area contributed by atoms with E-state index >= 15 is 0 Å². The van der Waals surface area contributed by atoms with Gasteiger partial charge in [-0.15, -0.1) is 0 Å². The number of sulfonamides is 1. The Morgan fingerprint density at radius 3 is 2.05 bits per heavy atom. The molecule has 1 atom stereocenters. The Labute approximate surface area is 342 Å². The lowest BCUT2D eigenvalue weighted by molar-refractivity contribution is 0.0278. The van der Waals surface area contributed by atoms with E-state index in [4.69, 9.17) is 4.74 Å². The molecule has 2 heterocycles. The van der Waals surface area contributed by atoms with E-state index in [2.05, 4.69) is 68.0 Å². The van der Waals surface area contributed by atoms with Gasteiger partial charge < -0.3 is 14.5 Å². The minimum Gasteiger partial charge on any atom is -0.379 e. The number of nitrogens with zero attached hydrogens (tertiary/aromatic N) is 5. The Morgan fingerprint density at radius 2 is 1.38 bits per heavy atom. The van der Waals surface area contributed by atoms with Crippen LogP contribution in [0.1, 0.15) is 33.1 Å². The number of carbonyl (C=O) groups is 2. The van der Waals surface area contributed by atoms with Crippen LogP contribution >= 0.6 is 0 Å². The van der Waals surface area contributed by atoms with Crippen LogP contribution in [0, 0.1) is 6.92 Å². The number of nitrogens with one attached hydrogen (secondary N) is 1. The molecule has 5 aromatic rings. The van der Waals surface area contributed by atoms with Gasteiger partial charge in [-0.3, -0.25) is 19.5 Å². The highest BCUT2D eigenvalue weighted by Gasteiger charge is 2.29. The minimum atomic E-state index is -4.20. The lowest BCUT2D eigenvalue weighted by Crippen LogP contribution is -2.47. The second-order valence-electron chi connectivity index (χ2n) is 15.0. The second-order valence-corrected chi connectivity index (χ2v) is 16.7. The van der Waals surface area contributed by atoms with E-state index in [1.165, 1.54) is 33.7 Å². The molecule has 58 heavy (non-hydrogen) atoms. The van der Waals surface area contributed by atoms with Crippen molar-refractivity contribution in [3.05, 3.63) is 150 Å². The van der Waals surface area contributed by atoms with Gasteiger partial charge in [-0.2, -0.15) is 0 Å². The zero-order valence-corrected chi connectivity index (χ0v) is 34.3. The highest BCUT2D eigenvalue weighted by Crippen LogP contribution is 2.29. The SMILES string of the molecule is Cc1cc(S(=O)(=O)NC(=O)c2ccc(N3CCN(Cc4ccccc4-c4ccccc4)CC3)cc2)ccc1N(C)C(=O)N(C)C(CN1CCOCC1)c1ccccc1. The number of carbonyl (C=O) groups excluding carboxylic acids is 2. The van der Waals surface area contributed by atoms with E-state index in [0.29, 0.717) is 31.0 Å². The van der Waals surface area contributed by atoms with E-state index in [1.54, 1.807) is 44.1 Å². The van der Waals surface area contributed by atoms with Gasteiger partial charge in [0.05, 0.1) is 24.2 Å². The summed E-state index contributed by atoms with van der Waals surface area (Å²) in [4.78, 5) is 37.4. The summed E-state index contributed by atoms with van der Waals surface area (Å²) >= 11 is 0. The Bertz CT molecular complexity index is 2280. The normalized spacial score (nSPS) is 15.7. The molecular weight excluding hydrogens is 749 g/mol. The van der Waals surface area contributed by atoms with Crippen LogP contribution in [0.15, 0.2) is 132 Å². The van der Waals surface area contributed by atoms with Gasteiger partial charge in [-0.25, -0.2) is 17.9 Å². The van der Waals surface area contributed by atoms with Crippen molar-refractivity contribution in [1.82, 2.24) is 19.4 Å². The molecule has 11 nitrogen and oxygen atoms in total. The number of hydrogen-bond donors (Lipinski definition) is 1. The predicted molar refractivity (Wildman–Crippen MR) is 230 cm³/mol.